The van der Waals surface area contributed by atoms with Crippen LogP contribution in [0.5, 0.6) is 0 Å². The first-order valence-electron chi connectivity index (χ1n) is 6.55. The highest BCUT2D eigenvalue weighted by Gasteiger charge is 2.34. The molecule has 0 spiro atoms. The molecule has 0 bridgehead atoms. The van der Waals surface area contributed by atoms with E-state index in [2.05, 4.69) is 5.32 Å². The van der Waals surface area contributed by atoms with Gasteiger partial charge >= 0.3 is 5.97 Å². The normalized spacial score (nSPS) is 11.3. The Hall–Kier alpha value is -1.78. The topological polar surface area (TPSA) is 79.5 Å². The molecule has 0 radical (unpaired) electrons. The maximum absolute atomic E-state index is 11.7. The summed E-state index contributed by atoms with van der Waals surface area (Å²) in [5.41, 5.74) is 0.108. The summed E-state index contributed by atoms with van der Waals surface area (Å²) in [6, 6.07) is 1.81. The Morgan fingerprint density at radius 2 is 2.05 bits per heavy atom. The van der Waals surface area contributed by atoms with Gasteiger partial charge in [-0.2, -0.15) is 0 Å². The van der Waals surface area contributed by atoms with E-state index < -0.39 is 11.4 Å². The van der Waals surface area contributed by atoms with Gasteiger partial charge < -0.3 is 14.8 Å². The average molecular weight is 267 g/mol. The fourth-order valence-corrected chi connectivity index (χ4v) is 1.93. The summed E-state index contributed by atoms with van der Waals surface area (Å²) < 4.78 is 4.92. The van der Waals surface area contributed by atoms with Gasteiger partial charge in [-0.25, -0.2) is 0 Å². The summed E-state index contributed by atoms with van der Waals surface area (Å²) in [4.78, 5) is 23.0. The molecule has 5 nitrogen and oxygen atoms in total. The Balaban J connectivity index is 2.42. The van der Waals surface area contributed by atoms with Crippen LogP contribution >= 0.6 is 0 Å². The molecule has 2 N–H and O–H groups in total. The molecule has 0 saturated heterocycles. The fourth-order valence-electron chi connectivity index (χ4n) is 1.93. The van der Waals surface area contributed by atoms with Crippen LogP contribution in [0.15, 0.2) is 23.0 Å². The molecule has 0 aliphatic carbocycles. The molecule has 0 unspecified atom stereocenters. The van der Waals surface area contributed by atoms with Crippen molar-refractivity contribution in [2.45, 2.75) is 39.5 Å². The first-order valence-corrected chi connectivity index (χ1v) is 6.55. The van der Waals surface area contributed by atoms with Gasteiger partial charge in [-0.15, -0.1) is 0 Å². The van der Waals surface area contributed by atoms with Crippen LogP contribution in [0.25, 0.3) is 0 Å². The monoisotopic (exact) mass is 267 g/mol. The van der Waals surface area contributed by atoms with Crippen LogP contribution in [-0.2, 0) is 16.0 Å². The minimum Gasteiger partial charge on any atom is -0.481 e. The van der Waals surface area contributed by atoms with Crippen molar-refractivity contribution in [3.8, 4) is 0 Å². The van der Waals surface area contributed by atoms with Crippen molar-refractivity contribution in [1.82, 2.24) is 5.32 Å². The van der Waals surface area contributed by atoms with Crippen molar-refractivity contribution >= 4 is 11.9 Å². The molecule has 0 aliphatic rings. The van der Waals surface area contributed by atoms with E-state index in [0.29, 0.717) is 25.7 Å². The van der Waals surface area contributed by atoms with Gasteiger partial charge in [0, 0.05) is 13.0 Å². The zero-order valence-electron chi connectivity index (χ0n) is 11.4. The minimum atomic E-state index is -0.856. The van der Waals surface area contributed by atoms with E-state index >= 15 is 0 Å². The molecule has 0 aliphatic heterocycles. The molecular formula is C14H21NO4. The lowest BCUT2D eigenvalue weighted by molar-refractivity contribution is -0.149. The summed E-state index contributed by atoms with van der Waals surface area (Å²) >= 11 is 0. The van der Waals surface area contributed by atoms with Crippen LogP contribution in [0, 0.1) is 5.41 Å². The maximum atomic E-state index is 11.7. The number of aliphatic carboxylic acids is 1. The lowest BCUT2D eigenvalue weighted by Crippen LogP contribution is -2.42. The molecule has 1 heterocycles. The van der Waals surface area contributed by atoms with Crippen LogP contribution in [0.2, 0.25) is 0 Å². The van der Waals surface area contributed by atoms with Crippen molar-refractivity contribution in [3.05, 3.63) is 24.2 Å². The Kier molecular flexibility index (Phi) is 5.60. The highest BCUT2D eigenvalue weighted by atomic mass is 16.4. The molecule has 5 heteroatoms. The second-order valence-corrected chi connectivity index (χ2v) is 4.70. The van der Waals surface area contributed by atoms with Gasteiger partial charge in [0.2, 0.25) is 5.91 Å². The molecule has 1 amide bonds. The van der Waals surface area contributed by atoms with E-state index in [1.165, 1.54) is 0 Å². The van der Waals surface area contributed by atoms with Gasteiger partial charge in [-0.3, -0.25) is 9.59 Å². The van der Waals surface area contributed by atoms with Crippen LogP contribution in [0.1, 0.15) is 38.7 Å². The molecule has 0 fully saturated rings. The van der Waals surface area contributed by atoms with Gasteiger partial charge in [0.15, 0.2) is 0 Å². The number of nitrogens with one attached hydrogen (secondary N) is 1. The van der Waals surface area contributed by atoms with Crippen molar-refractivity contribution in [2.75, 3.05) is 6.54 Å². The number of hydrogen-bond acceptors (Lipinski definition) is 3. The van der Waals surface area contributed by atoms with Gasteiger partial charge in [0.25, 0.3) is 0 Å². The van der Waals surface area contributed by atoms with Crippen LogP contribution in [0.3, 0.4) is 0 Å². The van der Waals surface area contributed by atoms with Gasteiger partial charge in [-0.1, -0.05) is 13.8 Å². The van der Waals surface area contributed by atoms with E-state index in [9.17, 15) is 14.7 Å². The largest absolute Gasteiger partial charge is 0.481 e. The molecule has 1 rings (SSSR count). The third-order valence-corrected chi connectivity index (χ3v) is 3.65. The van der Waals surface area contributed by atoms with Crippen molar-refractivity contribution in [2.24, 2.45) is 5.41 Å². The molecular weight excluding hydrogens is 246 g/mol. The van der Waals surface area contributed by atoms with Crippen LogP contribution in [-0.4, -0.2) is 23.5 Å². The second kappa shape index (κ2) is 6.97. The number of rotatable bonds is 8. The Bertz CT molecular complexity index is 407. The first kappa shape index (κ1) is 15.3. The number of carbonyl (C=O) groups is 2. The average Bonchev–Trinajstić information content (AvgIpc) is 2.91. The van der Waals surface area contributed by atoms with E-state index in [4.69, 9.17) is 4.42 Å². The summed E-state index contributed by atoms with van der Waals surface area (Å²) in [7, 11) is 0. The lowest BCUT2D eigenvalue weighted by Gasteiger charge is -2.26. The smallest absolute Gasteiger partial charge is 0.311 e. The summed E-state index contributed by atoms with van der Waals surface area (Å²) in [5, 5.41) is 12.0. The third kappa shape index (κ3) is 4.12. The van der Waals surface area contributed by atoms with E-state index in [1.54, 1.807) is 12.5 Å². The number of carboxylic acid groups (broad SMARTS) is 1. The summed E-state index contributed by atoms with van der Waals surface area (Å²) in [5.74, 6) is -0.985. The van der Waals surface area contributed by atoms with Gasteiger partial charge in [-0.05, 0) is 30.9 Å². The molecule has 106 valence electrons. The summed E-state index contributed by atoms with van der Waals surface area (Å²) in [6.07, 6.45) is 5.11. The highest BCUT2D eigenvalue weighted by Crippen LogP contribution is 2.25. The molecule has 1 aromatic heterocycles. The quantitative estimate of drug-likeness (QED) is 0.757. The number of carbonyl (C=O) groups excluding carboxylic acids is 1. The number of carboxylic acids is 1. The lowest BCUT2D eigenvalue weighted by atomic mass is 9.82. The predicted molar refractivity (Wildman–Crippen MR) is 70.7 cm³/mol. The first-order chi connectivity index (χ1) is 9.04. The zero-order chi connectivity index (χ0) is 14.3. The van der Waals surface area contributed by atoms with Crippen molar-refractivity contribution in [3.63, 3.8) is 0 Å². The number of hydrogen-bond donors (Lipinski definition) is 2. The molecule has 0 aromatic carbocycles. The standard InChI is InChI=1S/C14H21NO4/c1-3-14(4-2,13(17)18)10-15-12(16)6-5-11-7-8-19-9-11/h7-9H,3-6,10H2,1-2H3,(H,15,16)(H,17,18). The summed E-state index contributed by atoms with van der Waals surface area (Å²) in [6.45, 7) is 3.84. The fraction of sp³-hybridized carbons (Fsp3) is 0.571. The number of amides is 1. The molecule has 19 heavy (non-hydrogen) atoms. The second-order valence-electron chi connectivity index (χ2n) is 4.70. The molecule has 1 aromatic rings. The minimum absolute atomic E-state index is 0.131. The van der Waals surface area contributed by atoms with E-state index in [-0.39, 0.29) is 12.5 Å². The van der Waals surface area contributed by atoms with E-state index in [0.717, 1.165) is 5.56 Å². The number of furan rings is 1. The maximum Gasteiger partial charge on any atom is 0.311 e. The Labute approximate surface area is 113 Å². The SMILES string of the molecule is CCC(CC)(CNC(=O)CCc1ccoc1)C(=O)O. The molecule has 0 atom stereocenters. The van der Waals surface area contributed by atoms with E-state index in [1.807, 2.05) is 19.9 Å². The third-order valence-electron chi connectivity index (χ3n) is 3.65. The van der Waals surface area contributed by atoms with Gasteiger partial charge in [0.1, 0.15) is 0 Å². The highest BCUT2D eigenvalue weighted by molar-refractivity contribution is 5.79. The van der Waals surface area contributed by atoms with Crippen molar-refractivity contribution in [1.29, 1.82) is 0 Å². The Morgan fingerprint density at radius 3 is 2.53 bits per heavy atom. The van der Waals surface area contributed by atoms with Crippen molar-refractivity contribution < 1.29 is 19.1 Å². The van der Waals surface area contributed by atoms with Gasteiger partial charge in [0.05, 0.1) is 17.9 Å². The van der Waals surface area contributed by atoms with Crippen LogP contribution < -0.4 is 5.32 Å². The molecule has 0 saturated carbocycles. The number of aryl methyl sites for hydroxylation is 1. The van der Waals surface area contributed by atoms with Crippen LogP contribution in [0.4, 0.5) is 0 Å². The Morgan fingerprint density at radius 1 is 1.37 bits per heavy atom. The zero-order valence-corrected chi connectivity index (χ0v) is 11.4. The predicted octanol–water partition coefficient (Wildman–Crippen LogP) is 2.22.